The first-order valence-corrected chi connectivity index (χ1v) is 10.6. The van der Waals surface area contributed by atoms with E-state index < -0.39 is 0 Å². The van der Waals surface area contributed by atoms with E-state index in [2.05, 4.69) is 43.4 Å². The summed E-state index contributed by atoms with van der Waals surface area (Å²) in [5.41, 5.74) is 1.79. The number of nitrogens with zero attached hydrogens (tertiary/aromatic N) is 5. The lowest BCUT2D eigenvalue weighted by Gasteiger charge is -2.35. The first kappa shape index (κ1) is 18.5. The van der Waals surface area contributed by atoms with Crippen LogP contribution in [-0.4, -0.2) is 60.0 Å². The summed E-state index contributed by atoms with van der Waals surface area (Å²) in [6.07, 6.45) is 2.47. The number of amides is 1. The molecule has 2 aliphatic heterocycles. The van der Waals surface area contributed by atoms with Crippen LogP contribution < -0.4 is 9.80 Å². The van der Waals surface area contributed by atoms with Gasteiger partial charge in [-0.2, -0.15) is 4.98 Å². The standard InChI is InChI=1S/C20H24IN5O/c1-15-14-18(24-8-4-5-9-24)23-20(22-15)26-12-10-25(11-13-26)19(27)16-6-2-3-7-17(16)21/h2-3,6-7,14H,4-5,8-13H2,1H3. The lowest BCUT2D eigenvalue weighted by molar-refractivity contribution is 0.0745. The quantitative estimate of drug-likeness (QED) is 0.637. The smallest absolute Gasteiger partial charge is 0.255 e. The van der Waals surface area contributed by atoms with Gasteiger partial charge in [0.2, 0.25) is 5.95 Å². The van der Waals surface area contributed by atoms with Gasteiger partial charge in [-0.05, 0) is 54.5 Å². The Morgan fingerprint density at radius 1 is 0.963 bits per heavy atom. The number of aromatic nitrogens is 2. The third kappa shape index (κ3) is 4.02. The Balaban J connectivity index is 1.45. The van der Waals surface area contributed by atoms with Gasteiger partial charge in [-0.3, -0.25) is 4.79 Å². The van der Waals surface area contributed by atoms with Gasteiger partial charge in [0, 0.05) is 54.6 Å². The van der Waals surface area contributed by atoms with E-state index in [0.29, 0.717) is 13.1 Å². The highest BCUT2D eigenvalue weighted by Gasteiger charge is 2.25. The minimum atomic E-state index is 0.113. The lowest BCUT2D eigenvalue weighted by atomic mass is 10.2. The van der Waals surface area contributed by atoms with Crippen LogP contribution in [0.15, 0.2) is 30.3 Å². The molecular weight excluding hydrogens is 453 g/mol. The zero-order chi connectivity index (χ0) is 18.8. The number of carbonyl (C=O) groups is 1. The number of halogens is 1. The fourth-order valence-electron chi connectivity index (χ4n) is 3.70. The zero-order valence-corrected chi connectivity index (χ0v) is 17.7. The molecule has 2 aromatic rings. The number of benzene rings is 1. The van der Waals surface area contributed by atoms with E-state index in [1.807, 2.05) is 36.1 Å². The van der Waals surface area contributed by atoms with Gasteiger partial charge in [0.15, 0.2) is 0 Å². The number of rotatable bonds is 3. The average molecular weight is 477 g/mol. The monoisotopic (exact) mass is 477 g/mol. The molecule has 2 saturated heterocycles. The van der Waals surface area contributed by atoms with Crippen molar-refractivity contribution in [2.75, 3.05) is 49.1 Å². The molecule has 27 heavy (non-hydrogen) atoms. The topological polar surface area (TPSA) is 52.6 Å². The fourth-order valence-corrected chi connectivity index (χ4v) is 4.32. The summed E-state index contributed by atoms with van der Waals surface area (Å²) < 4.78 is 1.000. The van der Waals surface area contributed by atoms with Crippen molar-refractivity contribution in [2.45, 2.75) is 19.8 Å². The summed E-state index contributed by atoms with van der Waals surface area (Å²) in [6, 6.07) is 9.84. The molecule has 4 rings (SSSR count). The predicted octanol–water partition coefficient (Wildman–Crippen LogP) is 2.95. The highest BCUT2D eigenvalue weighted by atomic mass is 127. The number of piperazine rings is 1. The van der Waals surface area contributed by atoms with Crippen molar-refractivity contribution < 1.29 is 4.79 Å². The second-order valence-corrected chi connectivity index (χ2v) is 8.28. The van der Waals surface area contributed by atoms with Gasteiger partial charge >= 0.3 is 0 Å². The highest BCUT2D eigenvalue weighted by molar-refractivity contribution is 14.1. The Labute approximate surface area is 173 Å². The van der Waals surface area contributed by atoms with Gasteiger partial charge < -0.3 is 14.7 Å². The molecule has 142 valence electrons. The number of aryl methyl sites for hydroxylation is 1. The van der Waals surface area contributed by atoms with Crippen LogP contribution in [0.2, 0.25) is 0 Å². The van der Waals surface area contributed by atoms with Crippen LogP contribution in [0.3, 0.4) is 0 Å². The second kappa shape index (κ2) is 8.00. The predicted molar refractivity (Wildman–Crippen MR) is 115 cm³/mol. The van der Waals surface area contributed by atoms with E-state index in [9.17, 15) is 4.79 Å². The molecule has 1 aromatic carbocycles. The van der Waals surface area contributed by atoms with Crippen molar-refractivity contribution >= 4 is 40.3 Å². The minimum absolute atomic E-state index is 0.113. The van der Waals surface area contributed by atoms with E-state index in [1.54, 1.807) is 0 Å². The van der Waals surface area contributed by atoms with E-state index in [-0.39, 0.29) is 5.91 Å². The van der Waals surface area contributed by atoms with Gasteiger partial charge in [0.05, 0.1) is 5.56 Å². The Hall–Kier alpha value is -1.90. The zero-order valence-electron chi connectivity index (χ0n) is 15.6. The van der Waals surface area contributed by atoms with Gasteiger partial charge in [-0.25, -0.2) is 4.98 Å². The van der Waals surface area contributed by atoms with Crippen LogP contribution in [0.5, 0.6) is 0 Å². The van der Waals surface area contributed by atoms with Crippen LogP contribution >= 0.6 is 22.6 Å². The van der Waals surface area contributed by atoms with E-state index in [4.69, 9.17) is 4.98 Å². The number of hydrogen-bond acceptors (Lipinski definition) is 5. The van der Waals surface area contributed by atoms with Gasteiger partial charge in [0.1, 0.15) is 5.82 Å². The van der Waals surface area contributed by atoms with Gasteiger partial charge in [0.25, 0.3) is 5.91 Å². The molecule has 7 heteroatoms. The van der Waals surface area contributed by atoms with Crippen LogP contribution in [-0.2, 0) is 0 Å². The molecule has 0 aliphatic carbocycles. The summed E-state index contributed by atoms with van der Waals surface area (Å²) in [7, 11) is 0. The maximum Gasteiger partial charge on any atom is 0.255 e. The van der Waals surface area contributed by atoms with E-state index >= 15 is 0 Å². The molecule has 6 nitrogen and oxygen atoms in total. The number of carbonyl (C=O) groups excluding carboxylic acids is 1. The molecule has 1 aromatic heterocycles. The highest BCUT2D eigenvalue weighted by Crippen LogP contribution is 2.22. The summed E-state index contributed by atoms with van der Waals surface area (Å²) in [6.45, 7) is 7.10. The Morgan fingerprint density at radius 3 is 2.37 bits per heavy atom. The van der Waals surface area contributed by atoms with Crippen LogP contribution in [0.1, 0.15) is 28.9 Å². The van der Waals surface area contributed by atoms with Crippen molar-refractivity contribution in [3.05, 3.63) is 45.2 Å². The molecule has 0 N–H and O–H groups in total. The van der Waals surface area contributed by atoms with Gasteiger partial charge in [-0.15, -0.1) is 0 Å². The summed E-state index contributed by atoms with van der Waals surface area (Å²) in [5.74, 6) is 1.94. The summed E-state index contributed by atoms with van der Waals surface area (Å²) >= 11 is 2.23. The third-order valence-electron chi connectivity index (χ3n) is 5.21. The SMILES string of the molecule is Cc1cc(N2CCCC2)nc(N2CCN(C(=O)c3ccccc3I)CC2)n1. The van der Waals surface area contributed by atoms with E-state index in [0.717, 1.165) is 52.8 Å². The van der Waals surface area contributed by atoms with E-state index in [1.165, 1.54) is 12.8 Å². The molecule has 0 unspecified atom stereocenters. The fraction of sp³-hybridized carbons (Fsp3) is 0.450. The number of hydrogen-bond donors (Lipinski definition) is 0. The second-order valence-electron chi connectivity index (χ2n) is 7.12. The molecule has 0 atom stereocenters. The minimum Gasteiger partial charge on any atom is -0.356 e. The Bertz CT molecular complexity index is 829. The third-order valence-corrected chi connectivity index (χ3v) is 6.15. The largest absolute Gasteiger partial charge is 0.356 e. The number of anilines is 2. The Kier molecular flexibility index (Phi) is 5.47. The molecule has 0 radical (unpaired) electrons. The van der Waals surface area contributed by atoms with Crippen LogP contribution in [0.4, 0.5) is 11.8 Å². The maximum atomic E-state index is 12.8. The molecular formula is C20H24IN5O. The van der Waals surface area contributed by atoms with Crippen molar-refractivity contribution in [1.82, 2.24) is 14.9 Å². The Morgan fingerprint density at radius 2 is 1.67 bits per heavy atom. The van der Waals surface area contributed by atoms with Crippen molar-refractivity contribution in [3.63, 3.8) is 0 Å². The molecule has 3 heterocycles. The van der Waals surface area contributed by atoms with Crippen molar-refractivity contribution in [3.8, 4) is 0 Å². The molecule has 1 amide bonds. The maximum absolute atomic E-state index is 12.8. The first-order chi connectivity index (χ1) is 13.1. The van der Waals surface area contributed by atoms with Crippen LogP contribution in [0, 0.1) is 10.5 Å². The normalized spacial score (nSPS) is 17.5. The molecule has 0 saturated carbocycles. The average Bonchev–Trinajstić information content (AvgIpc) is 3.22. The molecule has 0 spiro atoms. The summed E-state index contributed by atoms with van der Waals surface area (Å²) in [4.78, 5) is 28.8. The van der Waals surface area contributed by atoms with Crippen molar-refractivity contribution in [1.29, 1.82) is 0 Å². The first-order valence-electron chi connectivity index (χ1n) is 9.51. The lowest BCUT2D eigenvalue weighted by Crippen LogP contribution is -2.49. The van der Waals surface area contributed by atoms with Crippen LogP contribution in [0.25, 0.3) is 0 Å². The van der Waals surface area contributed by atoms with Gasteiger partial charge in [-0.1, -0.05) is 12.1 Å². The summed E-state index contributed by atoms with van der Waals surface area (Å²) in [5, 5.41) is 0. The molecule has 0 bridgehead atoms. The molecule has 2 fully saturated rings. The van der Waals surface area contributed by atoms with Crippen molar-refractivity contribution in [2.24, 2.45) is 0 Å². The molecule has 2 aliphatic rings.